The van der Waals surface area contributed by atoms with Gasteiger partial charge >= 0.3 is 5.97 Å². The Hall–Kier alpha value is -2.89. The minimum atomic E-state index is -0.548. The average Bonchev–Trinajstić information content (AvgIpc) is 2.64. The molecule has 0 fully saturated rings. The first-order chi connectivity index (χ1) is 12.1. The zero-order valence-corrected chi connectivity index (χ0v) is 14.6. The van der Waals surface area contributed by atoms with Crippen LogP contribution in [-0.4, -0.2) is 29.9 Å². The summed E-state index contributed by atoms with van der Waals surface area (Å²) in [6.07, 6.45) is 2.54. The van der Waals surface area contributed by atoms with Crippen molar-refractivity contribution in [2.45, 2.75) is 26.9 Å². The molecule has 0 unspecified atom stereocenters. The molecule has 0 aliphatic rings. The van der Waals surface area contributed by atoms with E-state index in [9.17, 15) is 9.59 Å². The van der Waals surface area contributed by atoms with Gasteiger partial charge in [-0.2, -0.15) is 0 Å². The van der Waals surface area contributed by atoms with Crippen molar-refractivity contribution >= 4 is 17.7 Å². The second-order valence-electron chi connectivity index (χ2n) is 5.58. The zero-order chi connectivity index (χ0) is 18.2. The highest BCUT2D eigenvalue weighted by Crippen LogP contribution is 2.14. The second-order valence-corrected chi connectivity index (χ2v) is 5.58. The number of rotatable bonds is 8. The van der Waals surface area contributed by atoms with Crippen molar-refractivity contribution in [3.8, 4) is 0 Å². The van der Waals surface area contributed by atoms with Crippen LogP contribution in [0.1, 0.15) is 46.5 Å². The zero-order valence-electron chi connectivity index (χ0n) is 14.6. The number of hydrogen-bond donors (Lipinski definition) is 1. The van der Waals surface area contributed by atoms with Crippen LogP contribution in [0.25, 0.3) is 0 Å². The topological polar surface area (TPSA) is 85.5 Å². The maximum Gasteiger partial charge on any atom is 0.340 e. The molecule has 0 saturated heterocycles. The summed E-state index contributed by atoms with van der Waals surface area (Å²) in [7, 11) is 0. The van der Waals surface area contributed by atoms with Crippen molar-refractivity contribution in [1.82, 2.24) is 4.98 Å². The number of hydrogen-bond acceptors (Lipinski definition) is 5. The summed E-state index contributed by atoms with van der Waals surface area (Å²) in [5.74, 6) is -0.204. The maximum atomic E-state index is 12.2. The quantitative estimate of drug-likeness (QED) is 0.746. The van der Waals surface area contributed by atoms with E-state index in [0.29, 0.717) is 16.7 Å². The number of benzene rings is 1. The summed E-state index contributed by atoms with van der Waals surface area (Å²) in [4.78, 5) is 30.0. The Morgan fingerprint density at radius 2 is 1.92 bits per heavy atom. The van der Waals surface area contributed by atoms with Gasteiger partial charge in [0.2, 0.25) is 5.91 Å². The summed E-state index contributed by atoms with van der Waals surface area (Å²) in [5.41, 5.74) is 6.62. The summed E-state index contributed by atoms with van der Waals surface area (Å²) < 4.78 is 5.28. The van der Waals surface area contributed by atoms with E-state index in [1.165, 1.54) is 6.20 Å². The largest absolute Gasteiger partial charge is 0.457 e. The van der Waals surface area contributed by atoms with Crippen molar-refractivity contribution in [3.05, 3.63) is 59.3 Å². The van der Waals surface area contributed by atoms with Crippen molar-refractivity contribution in [3.63, 3.8) is 0 Å². The first-order valence-corrected chi connectivity index (χ1v) is 8.32. The molecule has 0 aliphatic heterocycles. The van der Waals surface area contributed by atoms with E-state index in [1.54, 1.807) is 30.3 Å². The van der Waals surface area contributed by atoms with E-state index in [2.05, 4.69) is 23.7 Å². The predicted molar refractivity (Wildman–Crippen MR) is 96.5 cm³/mol. The molecule has 0 bridgehead atoms. The maximum absolute atomic E-state index is 12.2. The molecule has 0 radical (unpaired) electrons. The lowest BCUT2D eigenvalue weighted by atomic mass is 10.1. The van der Waals surface area contributed by atoms with Gasteiger partial charge in [-0.25, -0.2) is 9.78 Å². The number of primary amides is 1. The predicted octanol–water partition coefficient (Wildman–Crippen LogP) is 2.77. The Labute approximate surface area is 147 Å². The molecular weight excluding hydrogens is 318 g/mol. The van der Waals surface area contributed by atoms with Gasteiger partial charge in [0.25, 0.3) is 0 Å². The van der Waals surface area contributed by atoms with Crippen LogP contribution in [-0.2, 0) is 11.3 Å². The highest BCUT2D eigenvalue weighted by Gasteiger charge is 2.13. The fourth-order valence-corrected chi connectivity index (χ4v) is 2.51. The van der Waals surface area contributed by atoms with Crippen molar-refractivity contribution in [2.75, 3.05) is 18.0 Å². The molecule has 1 heterocycles. The Bertz CT molecular complexity index is 729. The molecule has 0 spiro atoms. The number of anilines is 1. The van der Waals surface area contributed by atoms with Crippen LogP contribution in [0.15, 0.2) is 42.6 Å². The average molecular weight is 341 g/mol. The molecule has 6 nitrogen and oxygen atoms in total. The normalized spacial score (nSPS) is 10.3. The number of pyridine rings is 1. The molecule has 2 N–H and O–H groups in total. The molecule has 2 aromatic rings. The monoisotopic (exact) mass is 341 g/mol. The Balaban J connectivity index is 2.03. The lowest BCUT2D eigenvalue weighted by molar-refractivity contribution is 0.0470. The number of nitrogens with two attached hydrogens (primary N) is 1. The number of esters is 1. The van der Waals surface area contributed by atoms with Gasteiger partial charge < -0.3 is 15.4 Å². The smallest absolute Gasteiger partial charge is 0.340 e. The van der Waals surface area contributed by atoms with Gasteiger partial charge in [0.05, 0.1) is 5.56 Å². The molecule has 0 saturated carbocycles. The summed E-state index contributed by atoms with van der Waals surface area (Å²) in [5, 5.41) is 0. The lowest BCUT2D eigenvalue weighted by Crippen LogP contribution is -2.24. The molecule has 6 heteroatoms. The van der Waals surface area contributed by atoms with E-state index in [1.807, 2.05) is 6.07 Å². The van der Waals surface area contributed by atoms with E-state index in [0.717, 1.165) is 25.3 Å². The number of nitrogens with zero attached hydrogens (tertiary/aromatic N) is 2. The number of ether oxygens (including phenoxy) is 1. The fraction of sp³-hybridized carbons (Fsp3) is 0.316. The van der Waals surface area contributed by atoms with Gasteiger partial charge in [-0.3, -0.25) is 4.79 Å². The molecule has 1 amide bonds. The Morgan fingerprint density at radius 3 is 2.52 bits per heavy atom. The molecule has 0 aliphatic carbocycles. The summed E-state index contributed by atoms with van der Waals surface area (Å²) in [6, 6.07) is 10.3. The van der Waals surface area contributed by atoms with Gasteiger partial charge in [-0.15, -0.1) is 0 Å². The minimum absolute atomic E-state index is 0.0172. The molecular formula is C19H23N3O3. The van der Waals surface area contributed by atoms with Crippen molar-refractivity contribution < 1.29 is 14.3 Å². The van der Waals surface area contributed by atoms with E-state index < -0.39 is 11.9 Å². The van der Waals surface area contributed by atoms with Crippen LogP contribution in [0.3, 0.4) is 0 Å². The van der Waals surface area contributed by atoms with Crippen LogP contribution in [0, 0.1) is 0 Å². The first-order valence-electron chi connectivity index (χ1n) is 8.32. The SMILES string of the molecule is CCCN(CC)c1ccc(C(=O)OCc2ccccc2C(N)=O)cn1. The molecule has 0 atom stereocenters. The third-order valence-corrected chi connectivity index (χ3v) is 3.82. The second kappa shape index (κ2) is 8.82. The molecule has 25 heavy (non-hydrogen) atoms. The van der Waals surface area contributed by atoms with Crippen LogP contribution in [0.4, 0.5) is 5.82 Å². The Morgan fingerprint density at radius 1 is 1.16 bits per heavy atom. The summed E-state index contributed by atoms with van der Waals surface area (Å²) in [6.45, 7) is 5.93. The number of carbonyl (C=O) groups excluding carboxylic acids is 2. The number of carbonyl (C=O) groups is 2. The molecule has 132 valence electrons. The molecule has 2 rings (SSSR count). The van der Waals surface area contributed by atoms with E-state index in [4.69, 9.17) is 10.5 Å². The van der Waals surface area contributed by atoms with Gasteiger partial charge in [-0.1, -0.05) is 25.1 Å². The van der Waals surface area contributed by atoms with Crippen LogP contribution in [0.2, 0.25) is 0 Å². The number of aromatic nitrogens is 1. The van der Waals surface area contributed by atoms with Gasteiger partial charge in [0, 0.05) is 30.4 Å². The van der Waals surface area contributed by atoms with E-state index in [-0.39, 0.29) is 6.61 Å². The van der Waals surface area contributed by atoms with E-state index >= 15 is 0 Å². The highest BCUT2D eigenvalue weighted by molar-refractivity contribution is 5.94. The number of amides is 1. The van der Waals surface area contributed by atoms with Crippen molar-refractivity contribution in [1.29, 1.82) is 0 Å². The third kappa shape index (κ3) is 4.79. The Kier molecular flexibility index (Phi) is 6.51. The summed E-state index contributed by atoms with van der Waals surface area (Å²) >= 11 is 0. The lowest BCUT2D eigenvalue weighted by Gasteiger charge is -2.21. The molecule has 1 aromatic heterocycles. The van der Waals surface area contributed by atoms with Gasteiger partial charge in [-0.05, 0) is 31.5 Å². The van der Waals surface area contributed by atoms with Crippen molar-refractivity contribution in [2.24, 2.45) is 5.73 Å². The van der Waals surface area contributed by atoms with Gasteiger partial charge in [0.1, 0.15) is 12.4 Å². The van der Waals surface area contributed by atoms with Crippen LogP contribution >= 0.6 is 0 Å². The first kappa shape index (κ1) is 18.4. The molecule has 1 aromatic carbocycles. The van der Waals surface area contributed by atoms with Crippen LogP contribution in [0.5, 0.6) is 0 Å². The van der Waals surface area contributed by atoms with Crippen LogP contribution < -0.4 is 10.6 Å². The minimum Gasteiger partial charge on any atom is -0.457 e. The fourth-order valence-electron chi connectivity index (χ4n) is 2.51. The third-order valence-electron chi connectivity index (χ3n) is 3.82. The standard InChI is InChI=1S/C19H23N3O3/c1-3-11-22(4-2)17-10-9-14(12-21-17)19(24)25-13-15-7-5-6-8-16(15)18(20)23/h5-10,12H,3-4,11,13H2,1-2H3,(H2,20,23). The van der Waals surface area contributed by atoms with Gasteiger partial charge in [0.15, 0.2) is 0 Å². The highest BCUT2D eigenvalue weighted by atomic mass is 16.5.